The topological polar surface area (TPSA) is 95.5 Å². The van der Waals surface area contributed by atoms with Crippen LogP contribution in [-0.2, 0) is 14.6 Å². The van der Waals surface area contributed by atoms with Gasteiger partial charge in [-0.1, -0.05) is 12.8 Å². The van der Waals surface area contributed by atoms with Crippen molar-refractivity contribution in [2.24, 2.45) is 5.41 Å². The Morgan fingerprint density at radius 3 is 2.49 bits per heavy atom. The number of hydrogen-bond donors (Lipinski definition) is 1. The van der Waals surface area contributed by atoms with Crippen LogP contribution < -0.4 is 10.2 Å². The summed E-state index contributed by atoms with van der Waals surface area (Å²) in [5, 5.41) is 2.99. The van der Waals surface area contributed by atoms with Crippen LogP contribution in [0.15, 0.2) is 29.3 Å². The largest absolute Gasteiger partial charge is 0.324 e. The number of benzene rings is 1. The van der Waals surface area contributed by atoms with Crippen molar-refractivity contribution in [3.8, 4) is 0 Å². The summed E-state index contributed by atoms with van der Waals surface area (Å²) >= 11 is 0. The van der Waals surface area contributed by atoms with Gasteiger partial charge in [0.15, 0.2) is 9.84 Å². The van der Waals surface area contributed by atoms with Gasteiger partial charge in [0.05, 0.1) is 16.1 Å². The van der Waals surface area contributed by atoms with E-state index in [-0.39, 0.29) is 28.5 Å². The molecule has 0 bridgehead atoms. The first-order valence-electron chi connectivity index (χ1n) is 13.7. The summed E-state index contributed by atoms with van der Waals surface area (Å²) in [6.07, 6.45) is 9.81. The van der Waals surface area contributed by atoms with Gasteiger partial charge in [-0.25, -0.2) is 13.4 Å². The predicted octanol–water partition coefficient (Wildman–Crippen LogP) is 4.57. The smallest absolute Gasteiger partial charge is 0.235 e. The van der Waals surface area contributed by atoms with Crippen molar-refractivity contribution < 1.29 is 13.2 Å². The van der Waals surface area contributed by atoms with E-state index in [4.69, 9.17) is 4.98 Å². The van der Waals surface area contributed by atoms with Gasteiger partial charge in [-0.3, -0.25) is 9.69 Å². The molecule has 2 aromatic rings. The highest BCUT2D eigenvalue weighted by molar-refractivity contribution is 7.92. The average molecular weight is 524 g/mol. The van der Waals surface area contributed by atoms with Crippen molar-refractivity contribution in [3.63, 3.8) is 0 Å². The molecule has 1 N–H and O–H groups in total. The van der Waals surface area contributed by atoms with Crippen molar-refractivity contribution in [3.05, 3.63) is 35.5 Å². The van der Waals surface area contributed by atoms with Crippen LogP contribution in [0.2, 0.25) is 0 Å². The van der Waals surface area contributed by atoms with E-state index in [1.165, 1.54) is 0 Å². The monoisotopic (exact) mass is 523 g/mol. The Hall–Kier alpha value is -2.52. The van der Waals surface area contributed by atoms with Crippen LogP contribution in [0, 0.1) is 12.3 Å². The van der Waals surface area contributed by atoms with E-state index < -0.39 is 9.84 Å². The van der Waals surface area contributed by atoms with E-state index in [1.807, 2.05) is 24.8 Å². The lowest BCUT2D eigenvalue weighted by Crippen LogP contribution is -2.50. The summed E-state index contributed by atoms with van der Waals surface area (Å²) in [7, 11) is -1.22. The summed E-state index contributed by atoms with van der Waals surface area (Å²) < 4.78 is 26.8. The number of fused-ring (bicyclic) bond motifs is 1. The molecule has 2 aliphatic heterocycles. The third kappa shape index (κ3) is 4.24. The van der Waals surface area contributed by atoms with Crippen molar-refractivity contribution in [1.29, 1.82) is 0 Å². The highest BCUT2D eigenvalue weighted by Crippen LogP contribution is 2.52. The summed E-state index contributed by atoms with van der Waals surface area (Å²) in [5.74, 6) is 1.02. The molecule has 2 aliphatic carbocycles. The molecule has 6 rings (SSSR count). The Morgan fingerprint density at radius 1 is 1.11 bits per heavy atom. The van der Waals surface area contributed by atoms with Crippen LogP contribution in [-0.4, -0.2) is 60.6 Å². The first-order valence-corrected chi connectivity index (χ1v) is 15.2. The number of carbonyl (C=O) groups excluding carboxylic acids is 1. The van der Waals surface area contributed by atoms with E-state index >= 15 is 0 Å². The lowest BCUT2D eigenvalue weighted by molar-refractivity contribution is -0.119. The van der Waals surface area contributed by atoms with Gasteiger partial charge in [0.1, 0.15) is 5.82 Å². The fourth-order valence-electron chi connectivity index (χ4n) is 6.80. The molecule has 2 saturated carbocycles. The molecule has 1 amide bonds. The number of rotatable bonds is 5. The number of hydrogen-bond acceptors (Lipinski definition) is 7. The van der Waals surface area contributed by atoms with Gasteiger partial charge in [0.2, 0.25) is 11.9 Å². The number of carbonyl (C=O) groups is 1. The maximum absolute atomic E-state index is 13.4. The first kappa shape index (κ1) is 24.8. The second-order valence-corrected chi connectivity index (χ2v) is 14.0. The maximum atomic E-state index is 13.4. The molecule has 1 spiro atoms. The zero-order valence-electron chi connectivity index (χ0n) is 22.0. The van der Waals surface area contributed by atoms with Gasteiger partial charge in [-0.2, -0.15) is 4.98 Å². The molecule has 1 saturated heterocycles. The van der Waals surface area contributed by atoms with Crippen LogP contribution >= 0.6 is 0 Å². The third-order valence-corrected chi connectivity index (χ3v) is 11.5. The Labute approximate surface area is 219 Å². The number of anilines is 3. The molecule has 1 aromatic heterocycles. The van der Waals surface area contributed by atoms with Gasteiger partial charge in [-0.15, -0.1) is 0 Å². The summed E-state index contributed by atoms with van der Waals surface area (Å²) in [6, 6.07) is 5.49. The standard InChI is InChI=1S/C28H37N5O3S/c1-18-14-21(37(35,36)22-15-28(16-22)10-12-32(3)13-11-28)8-9-24(18)30-27-29-17-23-19(2)26(34)33(25(23)31-27)20-6-4-5-7-20/h8-9,14,17,19-20,22H,4-7,10-13,15-16H2,1-3H3,(H,29,30,31). The second-order valence-electron chi connectivity index (χ2n) is 11.8. The van der Waals surface area contributed by atoms with Gasteiger partial charge < -0.3 is 10.2 Å². The van der Waals surface area contributed by atoms with Gasteiger partial charge in [0.25, 0.3) is 0 Å². The van der Waals surface area contributed by atoms with Crippen LogP contribution in [0.25, 0.3) is 0 Å². The molecular weight excluding hydrogens is 486 g/mol. The zero-order valence-corrected chi connectivity index (χ0v) is 22.9. The maximum Gasteiger partial charge on any atom is 0.235 e. The summed E-state index contributed by atoms with van der Waals surface area (Å²) in [4.78, 5) is 26.8. The van der Waals surface area contributed by atoms with Gasteiger partial charge in [0, 0.05) is 23.5 Å². The third-order valence-electron chi connectivity index (χ3n) is 9.37. The summed E-state index contributed by atoms with van der Waals surface area (Å²) in [5.41, 5.74) is 2.69. The lowest BCUT2D eigenvalue weighted by atomic mass is 9.63. The Balaban J connectivity index is 1.19. The van der Waals surface area contributed by atoms with E-state index in [1.54, 1.807) is 18.3 Å². The highest BCUT2D eigenvalue weighted by atomic mass is 32.2. The van der Waals surface area contributed by atoms with Gasteiger partial charge >= 0.3 is 0 Å². The van der Waals surface area contributed by atoms with Crippen LogP contribution in [0.5, 0.6) is 0 Å². The number of sulfone groups is 1. The molecule has 37 heavy (non-hydrogen) atoms. The minimum Gasteiger partial charge on any atom is -0.324 e. The van der Waals surface area contributed by atoms with Crippen molar-refractivity contribution in [1.82, 2.24) is 14.9 Å². The number of amides is 1. The van der Waals surface area contributed by atoms with Crippen molar-refractivity contribution >= 4 is 33.2 Å². The minimum absolute atomic E-state index is 0.108. The molecular formula is C28H37N5O3S. The van der Waals surface area contributed by atoms with Crippen LogP contribution in [0.1, 0.15) is 75.3 Å². The zero-order chi connectivity index (χ0) is 25.9. The highest BCUT2D eigenvalue weighted by Gasteiger charge is 2.50. The molecule has 1 atom stereocenters. The molecule has 8 nitrogen and oxygen atoms in total. The van der Waals surface area contributed by atoms with E-state index in [0.29, 0.717) is 16.7 Å². The quantitative estimate of drug-likeness (QED) is 0.613. The van der Waals surface area contributed by atoms with E-state index in [9.17, 15) is 13.2 Å². The molecule has 9 heteroatoms. The van der Waals surface area contributed by atoms with Crippen LogP contribution in [0.4, 0.5) is 17.5 Å². The number of likely N-dealkylation sites (tertiary alicyclic amines) is 1. The molecule has 1 aromatic carbocycles. The Morgan fingerprint density at radius 2 is 1.81 bits per heavy atom. The van der Waals surface area contributed by atoms with E-state index in [2.05, 4.69) is 22.2 Å². The average Bonchev–Trinajstić information content (AvgIpc) is 3.46. The molecule has 0 radical (unpaired) electrons. The fourth-order valence-corrected chi connectivity index (χ4v) is 8.92. The Kier molecular flexibility index (Phi) is 6.06. The lowest BCUT2D eigenvalue weighted by Gasteiger charge is -2.51. The second kappa shape index (κ2) is 9.05. The summed E-state index contributed by atoms with van der Waals surface area (Å²) in [6.45, 7) is 5.95. The number of nitrogens with zero attached hydrogens (tertiary/aromatic N) is 4. The van der Waals surface area contributed by atoms with E-state index in [0.717, 1.165) is 81.3 Å². The van der Waals surface area contributed by atoms with Crippen molar-refractivity contribution in [2.45, 2.75) is 87.3 Å². The molecule has 1 unspecified atom stereocenters. The van der Waals surface area contributed by atoms with Gasteiger partial charge in [-0.05, 0) is 102 Å². The van der Waals surface area contributed by atoms with Crippen molar-refractivity contribution in [2.75, 3.05) is 30.4 Å². The molecule has 4 aliphatic rings. The molecule has 198 valence electrons. The molecule has 3 heterocycles. The SMILES string of the molecule is Cc1cc(S(=O)(=O)C2CC3(CCN(C)CC3)C2)ccc1Nc1ncc2c(n1)N(C1CCCC1)C(=O)C2C. The normalized spacial score (nSPS) is 24.5. The Bertz CT molecular complexity index is 1320. The minimum atomic E-state index is -3.36. The number of aryl methyl sites for hydroxylation is 1. The fraction of sp³-hybridized carbons (Fsp3) is 0.607. The first-order chi connectivity index (χ1) is 17.7. The van der Waals surface area contributed by atoms with Crippen LogP contribution in [0.3, 0.4) is 0 Å². The molecule has 3 fully saturated rings. The predicted molar refractivity (Wildman–Crippen MR) is 144 cm³/mol. The number of nitrogens with one attached hydrogen (secondary N) is 1. The number of aromatic nitrogens is 2. The number of piperidine rings is 1.